The number of hydrogen-bond acceptors (Lipinski definition) is 5. The van der Waals surface area contributed by atoms with E-state index in [0.29, 0.717) is 22.4 Å². The molecule has 0 aliphatic rings. The summed E-state index contributed by atoms with van der Waals surface area (Å²) in [5.41, 5.74) is 1.26. The first kappa shape index (κ1) is 19.7. The Morgan fingerprint density at radius 2 is 1.85 bits per heavy atom. The molecule has 0 aliphatic carbocycles. The molecule has 0 fully saturated rings. The van der Waals surface area contributed by atoms with Crippen LogP contribution in [0.1, 0.15) is 22.8 Å². The number of carbonyl (C=O) groups is 2. The second kappa shape index (κ2) is 9.77. The van der Waals surface area contributed by atoms with E-state index in [1.54, 1.807) is 31.4 Å². The zero-order valence-electron chi connectivity index (χ0n) is 14.5. The minimum Gasteiger partial charge on any atom is -0.496 e. The van der Waals surface area contributed by atoms with E-state index in [1.165, 1.54) is 6.08 Å². The molecular weight excluding hydrogens is 400 g/mol. The van der Waals surface area contributed by atoms with Gasteiger partial charge >= 0.3 is 5.97 Å². The quantitative estimate of drug-likeness (QED) is 0.363. The number of methoxy groups -OCH3 is 1. The zero-order chi connectivity index (χ0) is 18.9. The number of ether oxygens (including phenoxy) is 3. The summed E-state index contributed by atoms with van der Waals surface area (Å²) >= 11 is 3.32. The van der Waals surface area contributed by atoms with Crippen LogP contribution in [0.4, 0.5) is 0 Å². The summed E-state index contributed by atoms with van der Waals surface area (Å²) in [6.45, 7) is 2.18. The first-order valence-corrected chi connectivity index (χ1v) is 8.77. The molecule has 6 heteroatoms. The third-order valence-corrected chi connectivity index (χ3v) is 4.04. The molecule has 136 valence electrons. The molecule has 0 spiro atoms. The van der Waals surface area contributed by atoms with Crippen molar-refractivity contribution < 1.29 is 23.8 Å². The lowest BCUT2D eigenvalue weighted by molar-refractivity contribution is -0.136. The van der Waals surface area contributed by atoms with Gasteiger partial charge in [-0.15, -0.1) is 0 Å². The van der Waals surface area contributed by atoms with Gasteiger partial charge in [-0.3, -0.25) is 4.79 Å². The summed E-state index contributed by atoms with van der Waals surface area (Å²) in [7, 11) is 1.54. The number of halogens is 1. The first-order chi connectivity index (χ1) is 12.5. The average Bonchev–Trinajstić information content (AvgIpc) is 2.65. The third kappa shape index (κ3) is 5.74. The van der Waals surface area contributed by atoms with Crippen LogP contribution < -0.4 is 9.47 Å². The molecule has 0 amide bonds. The highest BCUT2D eigenvalue weighted by atomic mass is 79.9. The second-order valence-electron chi connectivity index (χ2n) is 5.22. The molecule has 0 atom stereocenters. The zero-order valence-corrected chi connectivity index (χ0v) is 16.1. The molecule has 0 aliphatic heterocycles. The summed E-state index contributed by atoms with van der Waals surface area (Å²) in [5, 5.41) is 0. The fourth-order valence-corrected chi connectivity index (χ4v) is 2.65. The highest BCUT2D eigenvalue weighted by Gasteiger charge is 2.11. The number of carbonyl (C=O) groups excluding carboxylic acids is 2. The third-order valence-electron chi connectivity index (χ3n) is 3.42. The molecule has 0 bridgehead atoms. The van der Waals surface area contributed by atoms with Crippen LogP contribution in [0.15, 0.2) is 53.0 Å². The summed E-state index contributed by atoms with van der Waals surface area (Å²) in [5.74, 6) is 0.510. The van der Waals surface area contributed by atoms with Crippen molar-refractivity contribution in [3.63, 3.8) is 0 Å². The van der Waals surface area contributed by atoms with Gasteiger partial charge in [0.05, 0.1) is 18.2 Å². The van der Waals surface area contributed by atoms with Crippen molar-refractivity contribution in [3.05, 3.63) is 64.1 Å². The van der Waals surface area contributed by atoms with Crippen molar-refractivity contribution in [3.8, 4) is 11.5 Å². The summed E-state index contributed by atoms with van der Waals surface area (Å²) in [4.78, 5) is 23.9. The number of hydrogen-bond donors (Lipinski definition) is 0. The minimum absolute atomic E-state index is 0.295. The van der Waals surface area contributed by atoms with Gasteiger partial charge in [0.1, 0.15) is 11.5 Å². The van der Waals surface area contributed by atoms with Gasteiger partial charge in [-0.2, -0.15) is 0 Å². The number of Topliss-reactive ketones (excluding diaryl/α,β-unsaturated/α-hetero) is 1. The molecule has 0 aromatic heterocycles. The van der Waals surface area contributed by atoms with E-state index < -0.39 is 5.97 Å². The predicted octanol–water partition coefficient (Wildman–Crippen LogP) is 4.30. The van der Waals surface area contributed by atoms with E-state index in [4.69, 9.17) is 14.2 Å². The number of benzene rings is 2. The van der Waals surface area contributed by atoms with E-state index in [1.807, 2.05) is 31.2 Å². The Kier molecular flexibility index (Phi) is 7.41. The van der Waals surface area contributed by atoms with E-state index in [2.05, 4.69) is 15.9 Å². The van der Waals surface area contributed by atoms with Gasteiger partial charge in [0.25, 0.3) is 0 Å². The smallest absolute Gasteiger partial charge is 0.331 e. The van der Waals surface area contributed by atoms with Gasteiger partial charge in [-0.1, -0.05) is 12.1 Å². The highest BCUT2D eigenvalue weighted by molar-refractivity contribution is 9.10. The summed E-state index contributed by atoms with van der Waals surface area (Å²) in [6, 6.07) is 12.2. The van der Waals surface area contributed by atoms with Gasteiger partial charge in [0.15, 0.2) is 12.4 Å². The van der Waals surface area contributed by atoms with Gasteiger partial charge in [0.2, 0.25) is 0 Å². The number of esters is 1. The van der Waals surface area contributed by atoms with Crippen LogP contribution >= 0.6 is 15.9 Å². The van der Waals surface area contributed by atoms with Crippen molar-refractivity contribution in [1.82, 2.24) is 0 Å². The lowest BCUT2D eigenvalue weighted by Gasteiger charge is -2.06. The van der Waals surface area contributed by atoms with Crippen LogP contribution in [-0.2, 0) is 9.53 Å². The first-order valence-electron chi connectivity index (χ1n) is 7.98. The molecule has 0 saturated heterocycles. The molecule has 0 radical (unpaired) electrons. The van der Waals surface area contributed by atoms with Crippen LogP contribution in [-0.4, -0.2) is 32.1 Å². The van der Waals surface area contributed by atoms with Crippen molar-refractivity contribution in [2.45, 2.75) is 6.92 Å². The van der Waals surface area contributed by atoms with Crippen LogP contribution in [0, 0.1) is 0 Å². The van der Waals surface area contributed by atoms with Gasteiger partial charge in [-0.05, 0) is 64.8 Å². The van der Waals surface area contributed by atoms with E-state index in [9.17, 15) is 9.59 Å². The van der Waals surface area contributed by atoms with Crippen LogP contribution in [0.2, 0.25) is 0 Å². The maximum absolute atomic E-state index is 12.1. The maximum Gasteiger partial charge on any atom is 0.331 e. The Balaban J connectivity index is 1.87. The molecule has 0 N–H and O–H groups in total. The molecule has 2 aromatic carbocycles. The monoisotopic (exact) mass is 418 g/mol. The molecular formula is C20H19BrO5. The van der Waals surface area contributed by atoms with Crippen molar-refractivity contribution >= 4 is 33.8 Å². The Labute approximate surface area is 160 Å². The standard InChI is InChI=1S/C20H19BrO5/c1-3-25-16-8-4-14(5-9-16)6-11-20(23)26-13-18(22)15-7-10-19(24-2)17(21)12-15/h4-12H,3,13H2,1-2H3/b11-6+. The molecule has 2 rings (SSSR count). The fourth-order valence-electron chi connectivity index (χ4n) is 2.11. The van der Waals surface area contributed by atoms with Crippen molar-refractivity contribution in [2.75, 3.05) is 20.3 Å². The van der Waals surface area contributed by atoms with Crippen LogP contribution in [0.25, 0.3) is 6.08 Å². The minimum atomic E-state index is -0.584. The molecule has 5 nitrogen and oxygen atoms in total. The number of ketones is 1. The summed E-state index contributed by atoms with van der Waals surface area (Å²) < 4.78 is 16.1. The predicted molar refractivity (Wildman–Crippen MR) is 103 cm³/mol. The Bertz CT molecular complexity index is 796. The maximum atomic E-state index is 12.1. The molecule has 26 heavy (non-hydrogen) atoms. The second-order valence-corrected chi connectivity index (χ2v) is 6.07. The topological polar surface area (TPSA) is 61.8 Å². The Morgan fingerprint density at radius 3 is 2.46 bits per heavy atom. The molecule has 0 saturated carbocycles. The normalized spacial score (nSPS) is 10.6. The highest BCUT2D eigenvalue weighted by Crippen LogP contribution is 2.25. The molecule has 2 aromatic rings. The van der Waals surface area contributed by atoms with Crippen molar-refractivity contribution in [2.24, 2.45) is 0 Å². The average molecular weight is 419 g/mol. The Hall–Kier alpha value is -2.60. The van der Waals surface area contributed by atoms with Crippen molar-refractivity contribution in [1.29, 1.82) is 0 Å². The fraction of sp³-hybridized carbons (Fsp3) is 0.200. The molecule has 0 heterocycles. The number of rotatable bonds is 8. The van der Waals surface area contributed by atoms with Gasteiger partial charge < -0.3 is 14.2 Å². The van der Waals surface area contributed by atoms with E-state index in [-0.39, 0.29) is 12.4 Å². The van der Waals surface area contributed by atoms with E-state index in [0.717, 1.165) is 11.3 Å². The van der Waals surface area contributed by atoms with Gasteiger partial charge in [-0.25, -0.2) is 4.79 Å². The van der Waals surface area contributed by atoms with Crippen LogP contribution in [0.5, 0.6) is 11.5 Å². The van der Waals surface area contributed by atoms with E-state index >= 15 is 0 Å². The lowest BCUT2D eigenvalue weighted by Crippen LogP contribution is -2.12. The summed E-state index contributed by atoms with van der Waals surface area (Å²) in [6.07, 6.45) is 2.90. The van der Waals surface area contributed by atoms with Crippen LogP contribution in [0.3, 0.4) is 0 Å². The largest absolute Gasteiger partial charge is 0.496 e. The molecule has 0 unspecified atom stereocenters. The Morgan fingerprint density at radius 1 is 1.12 bits per heavy atom. The SMILES string of the molecule is CCOc1ccc(/C=C/C(=O)OCC(=O)c2ccc(OC)c(Br)c2)cc1. The van der Waals surface area contributed by atoms with Gasteiger partial charge in [0, 0.05) is 11.6 Å². The lowest BCUT2D eigenvalue weighted by atomic mass is 10.1.